The van der Waals surface area contributed by atoms with Crippen molar-refractivity contribution in [1.29, 1.82) is 0 Å². The molecular formula is C13H23N2O3S+. The molecule has 0 aliphatic carbocycles. The van der Waals surface area contributed by atoms with Gasteiger partial charge in [0.25, 0.3) is 0 Å². The van der Waals surface area contributed by atoms with E-state index in [1.807, 2.05) is 19.1 Å². The van der Waals surface area contributed by atoms with Crippen molar-refractivity contribution in [2.45, 2.75) is 26.3 Å². The van der Waals surface area contributed by atoms with Gasteiger partial charge in [-0.2, -0.15) is 4.31 Å². The Morgan fingerprint density at radius 1 is 1.37 bits per heavy atom. The monoisotopic (exact) mass is 287 g/mol. The zero-order chi connectivity index (χ0) is 13.7. The molecule has 1 aliphatic rings. The van der Waals surface area contributed by atoms with Crippen LogP contribution in [0.15, 0.2) is 22.8 Å². The van der Waals surface area contributed by atoms with Gasteiger partial charge in [-0.05, 0) is 18.6 Å². The second-order valence-corrected chi connectivity index (χ2v) is 7.16. The third-order valence-electron chi connectivity index (χ3n) is 3.58. The first-order chi connectivity index (χ1) is 9.12. The molecule has 0 bridgehead atoms. The van der Waals surface area contributed by atoms with Gasteiger partial charge in [0, 0.05) is 0 Å². The van der Waals surface area contributed by atoms with Crippen LogP contribution in [0.3, 0.4) is 0 Å². The van der Waals surface area contributed by atoms with E-state index in [1.165, 1.54) is 4.90 Å². The fraction of sp³-hybridized carbons (Fsp3) is 0.692. The van der Waals surface area contributed by atoms with Gasteiger partial charge in [0.05, 0.1) is 38.2 Å². The van der Waals surface area contributed by atoms with Gasteiger partial charge in [-0.25, -0.2) is 8.42 Å². The molecule has 1 aromatic heterocycles. The second kappa shape index (κ2) is 6.54. The first kappa shape index (κ1) is 14.6. The summed E-state index contributed by atoms with van der Waals surface area (Å²) < 4.78 is 31.1. The number of hydrogen-bond acceptors (Lipinski definition) is 3. The topological polar surface area (TPSA) is 55.0 Å². The van der Waals surface area contributed by atoms with E-state index in [0.717, 1.165) is 38.2 Å². The van der Waals surface area contributed by atoms with Gasteiger partial charge in [0.2, 0.25) is 10.0 Å². The zero-order valence-electron chi connectivity index (χ0n) is 11.5. The number of unbranched alkanes of at least 4 members (excludes halogenated alkanes) is 1. The first-order valence-electron chi connectivity index (χ1n) is 6.95. The number of rotatable bonds is 6. The fourth-order valence-corrected chi connectivity index (χ4v) is 4.02. The lowest BCUT2D eigenvalue weighted by molar-refractivity contribution is -0.918. The van der Waals surface area contributed by atoms with E-state index in [2.05, 4.69) is 0 Å². The van der Waals surface area contributed by atoms with E-state index in [0.29, 0.717) is 13.1 Å². The third kappa shape index (κ3) is 4.06. The lowest BCUT2D eigenvalue weighted by Crippen LogP contribution is -3.13. The normalized spacial score (nSPS) is 18.8. The zero-order valence-corrected chi connectivity index (χ0v) is 12.3. The van der Waals surface area contributed by atoms with Gasteiger partial charge in [0.15, 0.2) is 5.76 Å². The molecule has 1 aliphatic heterocycles. The number of quaternary nitrogens is 1. The average molecular weight is 287 g/mol. The number of furan rings is 1. The fourth-order valence-electron chi connectivity index (χ4n) is 2.37. The third-order valence-corrected chi connectivity index (χ3v) is 5.54. The Kier molecular flexibility index (Phi) is 5.01. The predicted octanol–water partition coefficient (Wildman–Crippen LogP) is 0.110. The van der Waals surface area contributed by atoms with E-state index in [9.17, 15) is 8.42 Å². The summed E-state index contributed by atoms with van der Waals surface area (Å²) in [6.07, 6.45) is 3.35. The number of nitrogens with zero attached hydrogens (tertiary/aromatic N) is 1. The van der Waals surface area contributed by atoms with Crippen LogP contribution in [0.25, 0.3) is 0 Å². The van der Waals surface area contributed by atoms with Gasteiger partial charge in [0.1, 0.15) is 6.54 Å². The predicted molar refractivity (Wildman–Crippen MR) is 73.4 cm³/mol. The van der Waals surface area contributed by atoms with Crippen LogP contribution in [0, 0.1) is 0 Å². The van der Waals surface area contributed by atoms with Crippen LogP contribution < -0.4 is 4.90 Å². The number of sulfonamides is 1. The van der Waals surface area contributed by atoms with Crippen molar-refractivity contribution in [2.24, 2.45) is 0 Å². The van der Waals surface area contributed by atoms with Crippen molar-refractivity contribution in [3.05, 3.63) is 24.2 Å². The van der Waals surface area contributed by atoms with Gasteiger partial charge >= 0.3 is 0 Å². The highest BCUT2D eigenvalue weighted by Crippen LogP contribution is 2.05. The van der Waals surface area contributed by atoms with E-state index >= 15 is 0 Å². The second-order valence-electron chi connectivity index (χ2n) is 5.07. The molecule has 0 amide bonds. The smallest absolute Gasteiger partial charge is 0.214 e. The van der Waals surface area contributed by atoms with E-state index in [-0.39, 0.29) is 5.75 Å². The molecular weight excluding hydrogens is 264 g/mol. The largest absolute Gasteiger partial charge is 0.463 e. The molecule has 1 saturated heterocycles. The molecule has 1 aromatic rings. The van der Waals surface area contributed by atoms with Crippen LogP contribution in [-0.2, 0) is 16.6 Å². The highest BCUT2D eigenvalue weighted by molar-refractivity contribution is 7.89. The molecule has 6 heteroatoms. The molecule has 0 spiro atoms. The number of piperazine rings is 1. The Bertz CT molecular complexity index is 462. The molecule has 0 aromatic carbocycles. The summed E-state index contributed by atoms with van der Waals surface area (Å²) >= 11 is 0. The van der Waals surface area contributed by atoms with E-state index < -0.39 is 10.0 Å². The van der Waals surface area contributed by atoms with Crippen molar-refractivity contribution >= 4 is 10.0 Å². The van der Waals surface area contributed by atoms with E-state index in [4.69, 9.17) is 4.42 Å². The standard InChI is InChI=1S/C13H22N2O3S/c1-2-3-11-19(16,17)15-8-6-14(7-9-15)12-13-5-4-10-18-13/h4-5,10H,2-3,6-9,11-12H2,1H3/p+1. The van der Waals surface area contributed by atoms with Crippen molar-refractivity contribution < 1.29 is 17.7 Å². The molecule has 0 unspecified atom stereocenters. The maximum absolute atomic E-state index is 12.1. The molecule has 0 saturated carbocycles. The molecule has 2 rings (SSSR count). The maximum Gasteiger partial charge on any atom is 0.214 e. The highest BCUT2D eigenvalue weighted by atomic mass is 32.2. The lowest BCUT2D eigenvalue weighted by Gasteiger charge is -2.31. The highest BCUT2D eigenvalue weighted by Gasteiger charge is 2.28. The molecule has 108 valence electrons. The summed E-state index contributed by atoms with van der Waals surface area (Å²) in [6.45, 7) is 5.82. The first-order valence-corrected chi connectivity index (χ1v) is 8.56. The van der Waals surface area contributed by atoms with Crippen LogP contribution in [0.2, 0.25) is 0 Å². The summed E-state index contributed by atoms with van der Waals surface area (Å²) in [6, 6.07) is 3.86. The van der Waals surface area contributed by atoms with E-state index in [1.54, 1.807) is 10.6 Å². The van der Waals surface area contributed by atoms with Gasteiger partial charge in [-0.15, -0.1) is 0 Å². The minimum Gasteiger partial charge on any atom is -0.463 e. The molecule has 1 N–H and O–H groups in total. The quantitative estimate of drug-likeness (QED) is 0.808. The SMILES string of the molecule is CCCCS(=O)(=O)N1CC[NH+](Cc2ccco2)CC1. The lowest BCUT2D eigenvalue weighted by atomic mass is 10.3. The van der Waals surface area contributed by atoms with Crippen molar-refractivity contribution in [3.8, 4) is 0 Å². The van der Waals surface area contributed by atoms with Crippen molar-refractivity contribution in [1.82, 2.24) is 4.31 Å². The minimum absolute atomic E-state index is 0.289. The summed E-state index contributed by atoms with van der Waals surface area (Å²) in [7, 11) is -3.03. The van der Waals surface area contributed by atoms with Crippen LogP contribution >= 0.6 is 0 Å². The summed E-state index contributed by atoms with van der Waals surface area (Å²) in [5.74, 6) is 1.26. The number of hydrogen-bond donors (Lipinski definition) is 1. The van der Waals surface area contributed by atoms with Crippen molar-refractivity contribution in [3.63, 3.8) is 0 Å². The summed E-state index contributed by atoms with van der Waals surface area (Å²) in [5, 5.41) is 0. The Labute approximate surface area is 115 Å². The maximum atomic E-state index is 12.1. The molecule has 0 atom stereocenters. The van der Waals surface area contributed by atoms with Gasteiger partial charge < -0.3 is 9.32 Å². The summed E-state index contributed by atoms with van der Waals surface area (Å²) in [5.41, 5.74) is 0. The Hall–Kier alpha value is -0.850. The average Bonchev–Trinajstić information content (AvgIpc) is 2.90. The Balaban J connectivity index is 1.82. The van der Waals surface area contributed by atoms with Crippen LogP contribution in [0.5, 0.6) is 0 Å². The Morgan fingerprint density at radius 3 is 2.68 bits per heavy atom. The van der Waals surface area contributed by atoms with Crippen LogP contribution in [0.1, 0.15) is 25.5 Å². The molecule has 2 heterocycles. The van der Waals surface area contributed by atoms with Crippen LogP contribution in [-0.4, -0.2) is 44.7 Å². The minimum atomic E-state index is -3.03. The molecule has 19 heavy (non-hydrogen) atoms. The molecule has 1 fully saturated rings. The van der Waals surface area contributed by atoms with Gasteiger partial charge in [-0.1, -0.05) is 13.3 Å². The van der Waals surface area contributed by atoms with Crippen molar-refractivity contribution in [2.75, 3.05) is 31.9 Å². The van der Waals surface area contributed by atoms with Crippen LogP contribution in [0.4, 0.5) is 0 Å². The molecule has 5 nitrogen and oxygen atoms in total. The molecule has 0 radical (unpaired) electrons. The summed E-state index contributed by atoms with van der Waals surface area (Å²) in [4.78, 5) is 1.39. The Morgan fingerprint density at radius 2 is 2.11 bits per heavy atom. The number of nitrogens with one attached hydrogen (secondary N) is 1. The van der Waals surface area contributed by atoms with Gasteiger partial charge in [-0.3, -0.25) is 0 Å².